The molecule has 3 rings (SSSR count). The third kappa shape index (κ3) is 2.06. The molecular weight excluding hydrogens is 188 g/mol. The van der Waals surface area contributed by atoms with Crippen LogP contribution < -0.4 is 0 Å². The Morgan fingerprint density at radius 1 is 1.20 bits per heavy atom. The van der Waals surface area contributed by atoms with Crippen molar-refractivity contribution in [2.24, 2.45) is 0 Å². The number of fused-ring (bicyclic) bond motifs is 1. The molecule has 3 atom stereocenters. The van der Waals surface area contributed by atoms with Crippen LogP contribution in [0, 0.1) is 0 Å². The molecule has 1 saturated heterocycles. The van der Waals surface area contributed by atoms with Gasteiger partial charge >= 0.3 is 0 Å². The fourth-order valence-corrected chi connectivity index (χ4v) is 2.36. The molecule has 15 heavy (non-hydrogen) atoms. The highest BCUT2D eigenvalue weighted by molar-refractivity contribution is 5.13. The van der Waals surface area contributed by atoms with Crippen molar-refractivity contribution >= 4 is 0 Å². The quantitative estimate of drug-likeness (QED) is 0.706. The van der Waals surface area contributed by atoms with Gasteiger partial charge in [-0.05, 0) is 24.8 Å². The second-order valence-corrected chi connectivity index (χ2v) is 4.41. The van der Waals surface area contributed by atoms with Crippen molar-refractivity contribution in [2.45, 2.75) is 44.2 Å². The van der Waals surface area contributed by atoms with Crippen LogP contribution in [0.3, 0.4) is 0 Å². The highest BCUT2D eigenvalue weighted by atomic mass is 16.6. The third-order valence-electron chi connectivity index (χ3n) is 3.27. The molecule has 0 unspecified atom stereocenters. The lowest BCUT2D eigenvalue weighted by molar-refractivity contribution is 0.0135. The van der Waals surface area contributed by atoms with Gasteiger partial charge in [-0.1, -0.05) is 30.3 Å². The van der Waals surface area contributed by atoms with Gasteiger partial charge in [-0.25, -0.2) is 0 Å². The minimum absolute atomic E-state index is 0.337. The van der Waals surface area contributed by atoms with E-state index in [1.54, 1.807) is 0 Å². The first kappa shape index (κ1) is 9.37. The van der Waals surface area contributed by atoms with E-state index >= 15 is 0 Å². The minimum Gasteiger partial charge on any atom is -0.371 e. The molecule has 2 aliphatic rings. The summed E-state index contributed by atoms with van der Waals surface area (Å²) >= 11 is 0. The van der Waals surface area contributed by atoms with Gasteiger partial charge in [-0.2, -0.15) is 0 Å². The van der Waals surface area contributed by atoms with Crippen molar-refractivity contribution in [1.29, 1.82) is 0 Å². The maximum absolute atomic E-state index is 5.90. The number of rotatable bonds is 3. The molecule has 1 aromatic carbocycles. The molecule has 0 amide bonds. The summed E-state index contributed by atoms with van der Waals surface area (Å²) < 4.78 is 11.5. The van der Waals surface area contributed by atoms with E-state index in [1.807, 2.05) is 6.07 Å². The Kier molecular flexibility index (Phi) is 2.47. The summed E-state index contributed by atoms with van der Waals surface area (Å²) in [6.07, 6.45) is 4.90. The van der Waals surface area contributed by atoms with Crippen molar-refractivity contribution in [2.75, 3.05) is 0 Å². The Balaban J connectivity index is 1.54. The highest BCUT2D eigenvalue weighted by Crippen LogP contribution is 2.38. The summed E-state index contributed by atoms with van der Waals surface area (Å²) in [5.41, 5.74) is 1.25. The van der Waals surface area contributed by atoms with Gasteiger partial charge < -0.3 is 9.47 Å². The molecule has 0 radical (unpaired) electrons. The van der Waals surface area contributed by atoms with Gasteiger partial charge in [0.1, 0.15) is 6.10 Å². The minimum atomic E-state index is 0.337. The molecule has 1 aliphatic carbocycles. The monoisotopic (exact) mass is 204 g/mol. The van der Waals surface area contributed by atoms with Crippen molar-refractivity contribution < 1.29 is 9.47 Å². The van der Waals surface area contributed by atoms with Crippen molar-refractivity contribution in [1.82, 2.24) is 0 Å². The SMILES string of the molecule is c1ccc(CO[C@@H]2CCC[C@@H]3O[C@@H]32)cc1. The average Bonchev–Trinajstić information content (AvgIpc) is 3.07. The largest absolute Gasteiger partial charge is 0.371 e. The van der Waals surface area contributed by atoms with Crippen LogP contribution in [0.15, 0.2) is 30.3 Å². The van der Waals surface area contributed by atoms with E-state index in [9.17, 15) is 0 Å². The predicted octanol–water partition coefficient (Wildman–Crippen LogP) is 2.52. The molecule has 0 bridgehead atoms. The maximum Gasteiger partial charge on any atom is 0.110 e. The summed E-state index contributed by atoms with van der Waals surface area (Å²) in [5, 5.41) is 0. The predicted molar refractivity (Wildman–Crippen MR) is 57.5 cm³/mol. The van der Waals surface area contributed by atoms with Crippen molar-refractivity contribution in [3.63, 3.8) is 0 Å². The van der Waals surface area contributed by atoms with Crippen molar-refractivity contribution in [3.05, 3.63) is 35.9 Å². The fraction of sp³-hybridized carbons (Fsp3) is 0.538. The van der Waals surface area contributed by atoms with E-state index < -0.39 is 0 Å². The smallest absolute Gasteiger partial charge is 0.110 e. The molecule has 1 aromatic rings. The van der Waals surface area contributed by atoms with Crippen LogP contribution >= 0.6 is 0 Å². The van der Waals surface area contributed by atoms with E-state index in [0.717, 1.165) is 13.0 Å². The Labute approximate surface area is 90.2 Å². The van der Waals surface area contributed by atoms with Gasteiger partial charge in [0.25, 0.3) is 0 Å². The Bertz CT molecular complexity index is 323. The van der Waals surface area contributed by atoms with Gasteiger partial charge in [0, 0.05) is 0 Å². The first-order chi connectivity index (χ1) is 7.43. The summed E-state index contributed by atoms with van der Waals surface area (Å²) in [6, 6.07) is 10.3. The van der Waals surface area contributed by atoms with Crippen LogP contribution in [0.1, 0.15) is 24.8 Å². The standard InChI is InChI=1S/C13H16O2/c1-2-5-10(6-3-1)9-14-11-7-4-8-12-13(11)15-12/h1-3,5-6,11-13H,4,7-9H2/t11-,12+,13-/m1/s1. The zero-order chi connectivity index (χ0) is 10.1. The number of hydrogen-bond acceptors (Lipinski definition) is 2. The van der Waals surface area contributed by atoms with Gasteiger partial charge in [-0.3, -0.25) is 0 Å². The van der Waals surface area contributed by atoms with Crippen LogP contribution in [0.2, 0.25) is 0 Å². The Hall–Kier alpha value is -0.860. The molecule has 2 heteroatoms. The maximum atomic E-state index is 5.90. The summed E-state index contributed by atoms with van der Waals surface area (Å²) in [5.74, 6) is 0. The topological polar surface area (TPSA) is 21.8 Å². The van der Waals surface area contributed by atoms with E-state index in [-0.39, 0.29) is 0 Å². The van der Waals surface area contributed by atoms with Crippen molar-refractivity contribution in [3.8, 4) is 0 Å². The molecule has 0 spiro atoms. The van der Waals surface area contributed by atoms with Crippen LogP contribution in [-0.2, 0) is 16.1 Å². The molecule has 2 nitrogen and oxygen atoms in total. The average molecular weight is 204 g/mol. The third-order valence-corrected chi connectivity index (χ3v) is 3.27. The van der Waals surface area contributed by atoms with Crippen LogP contribution in [0.25, 0.3) is 0 Å². The molecule has 1 heterocycles. The molecule has 80 valence electrons. The molecule has 2 fully saturated rings. The highest BCUT2D eigenvalue weighted by Gasteiger charge is 2.47. The zero-order valence-electron chi connectivity index (χ0n) is 8.76. The number of hydrogen-bond donors (Lipinski definition) is 0. The molecule has 0 aromatic heterocycles. The molecule has 1 aliphatic heterocycles. The number of ether oxygens (including phenoxy) is 2. The van der Waals surface area contributed by atoms with Crippen LogP contribution in [0.5, 0.6) is 0 Å². The summed E-state index contributed by atoms with van der Waals surface area (Å²) in [4.78, 5) is 0. The van der Waals surface area contributed by atoms with Crippen LogP contribution in [0.4, 0.5) is 0 Å². The van der Waals surface area contributed by atoms with E-state index in [2.05, 4.69) is 24.3 Å². The number of epoxide rings is 1. The molecule has 1 saturated carbocycles. The summed E-state index contributed by atoms with van der Waals surface area (Å²) in [6.45, 7) is 0.720. The summed E-state index contributed by atoms with van der Waals surface area (Å²) in [7, 11) is 0. The van der Waals surface area contributed by atoms with Crippen LogP contribution in [-0.4, -0.2) is 18.3 Å². The first-order valence-corrected chi connectivity index (χ1v) is 5.74. The van der Waals surface area contributed by atoms with Gasteiger partial charge in [0.15, 0.2) is 0 Å². The van der Waals surface area contributed by atoms with E-state index in [0.29, 0.717) is 18.3 Å². The Morgan fingerprint density at radius 3 is 2.93 bits per heavy atom. The second-order valence-electron chi connectivity index (χ2n) is 4.41. The lowest BCUT2D eigenvalue weighted by Gasteiger charge is -2.18. The molecule has 0 N–H and O–H groups in total. The van der Waals surface area contributed by atoms with Gasteiger partial charge in [0.2, 0.25) is 0 Å². The van der Waals surface area contributed by atoms with Gasteiger partial charge in [-0.15, -0.1) is 0 Å². The van der Waals surface area contributed by atoms with E-state index in [4.69, 9.17) is 9.47 Å². The normalized spacial score (nSPS) is 33.5. The first-order valence-electron chi connectivity index (χ1n) is 5.74. The zero-order valence-corrected chi connectivity index (χ0v) is 8.76. The second kappa shape index (κ2) is 3.95. The Morgan fingerprint density at radius 2 is 2.07 bits per heavy atom. The fourth-order valence-electron chi connectivity index (χ4n) is 2.36. The van der Waals surface area contributed by atoms with Gasteiger partial charge in [0.05, 0.1) is 18.8 Å². The van der Waals surface area contributed by atoms with E-state index in [1.165, 1.54) is 18.4 Å². The number of benzene rings is 1. The molecular formula is C13H16O2. The lowest BCUT2D eigenvalue weighted by atomic mass is 9.98. The lowest BCUT2D eigenvalue weighted by Crippen LogP contribution is -2.25.